The molecule has 1 aromatic carbocycles. The maximum Gasteiger partial charge on any atom is 0.338 e. The van der Waals surface area contributed by atoms with Crippen LogP contribution < -0.4 is 11.5 Å². The normalized spacial score (nSPS) is 37.2. The van der Waals surface area contributed by atoms with E-state index in [0.29, 0.717) is 34.4 Å². The molecule has 0 aromatic heterocycles. The third-order valence-electron chi connectivity index (χ3n) is 12.7. The van der Waals surface area contributed by atoms with Crippen LogP contribution in [0.5, 0.6) is 0 Å². The molecule has 0 heterocycles. The van der Waals surface area contributed by atoms with Crippen LogP contribution in [-0.4, -0.2) is 25.3 Å². The Morgan fingerprint density at radius 1 is 0.878 bits per heavy atom. The summed E-state index contributed by atoms with van der Waals surface area (Å²) < 4.78 is 11.8. The first kappa shape index (κ1) is 30.7. The van der Waals surface area contributed by atoms with Crippen LogP contribution in [0.3, 0.4) is 0 Å². The van der Waals surface area contributed by atoms with Crippen molar-refractivity contribution in [3.63, 3.8) is 0 Å². The van der Waals surface area contributed by atoms with Gasteiger partial charge < -0.3 is 20.9 Å². The van der Waals surface area contributed by atoms with Crippen molar-refractivity contribution >= 4 is 17.3 Å². The molecule has 4 saturated carbocycles. The van der Waals surface area contributed by atoms with Crippen LogP contribution in [0.25, 0.3) is 0 Å². The lowest BCUT2D eigenvalue weighted by Crippen LogP contribution is -2.54. The predicted octanol–water partition coefficient (Wildman–Crippen LogP) is 8.51. The topological polar surface area (TPSA) is 87.6 Å². The van der Waals surface area contributed by atoms with E-state index in [1.807, 2.05) is 0 Å². The van der Waals surface area contributed by atoms with Gasteiger partial charge in [-0.3, -0.25) is 0 Å². The summed E-state index contributed by atoms with van der Waals surface area (Å²) in [5.41, 5.74) is 14.0. The van der Waals surface area contributed by atoms with Crippen LogP contribution in [0, 0.1) is 52.3 Å². The maximum absolute atomic E-state index is 12.4. The molecule has 5 heteroatoms. The van der Waals surface area contributed by atoms with Gasteiger partial charge in [-0.2, -0.15) is 0 Å². The van der Waals surface area contributed by atoms with Crippen molar-refractivity contribution < 1.29 is 14.3 Å². The highest BCUT2D eigenvalue weighted by atomic mass is 16.6. The number of fused-ring (bicyclic) bond motifs is 5. The van der Waals surface area contributed by atoms with Crippen molar-refractivity contribution in [1.29, 1.82) is 0 Å². The molecule has 0 radical (unpaired) electrons. The summed E-state index contributed by atoms with van der Waals surface area (Å²) in [7, 11) is 0. The molecule has 0 saturated heterocycles. The molecule has 4 aliphatic rings. The van der Waals surface area contributed by atoms with Crippen molar-refractivity contribution in [3.8, 4) is 0 Å². The molecule has 4 N–H and O–H groups in total. The number of hydrogen-bond donors (Lipinski definition) is 2. The van der Waals surface area contributed by atoms with Gasteiger partial charge in [-0.25, -0.2) is 4.79 Å². The Balaban J connectivity index is 1.11. The van der Waals surface area contributed by atoms with Gasteiger partial charge in [-0.1, -0.05) is 53.9 Å². The second-order valence-corrected chi connectivity index (χ2v) is 15.5. The Morgan fingerprint density at radius 3 is 2.32 bits per heavy atom. The van der Waals surface area contributed by atoms with E-state index in [1.165, 1.54) is 64.2 Å². The number of rotatable bonds is 10. The molecule has 9 unspecified atom stereocenters. The highest BCUT2D eigenvalue weighted by Crippen LogP contribution is 2.68. The number of carbonyl (C=O) groups excluding carboxylic acids is 1. The minimum atomic E-state index is -0.398. The SMILES string of the molecule is CC(C)CCCC(C)C1CCC2C3CCC4CC(OCCOC(=O)c5cc(N)cc(N)c5)CCC4(C)C3CCC12C. The predicted molar refractivity (Wildman–Crippen MR) is 168 cm³/mol. The van der Waals surface area contributed by atoms with Crippen molar-refractivity contribution in [2.24, 2.45) is 52.3 Å². The minimum Gasteiger partial charge on any atom is -0.460 e. The summed E-state index contributed by atoms with van der Waals surface area (Å²) in [6.07, 6.45) is 16.7. The number of nitrogen functional groups attached to an aromatic ring is 2. The number of nitrogens with two attached hydrogens (primary N) is 2. The highest BCUT2D eigenvalue weighted by molar-refractivity contribution is 5.91. The largest absolute Gasteiger partial charge is 0.460 e. The summed E-state index contributed by atoms with van der Waals surface area (Å²) in [6, 6.07) is 4.84. The summed E-state index contributed by atoms with van der Waals surface area (Å²) in [4.78, 5) is 12.4. The number of anilines is 2. The van der Waals surface area contributed by atoms with Crippen LogP contribution in [-0.2, 0) is 9.47 Å². The van der Waals surface area contributed by atoms with E-state index in [0.717, 1.165) is 54.3 Å². The first-order valence-corrected chi connectivity index (χ1v) is 17.0. The first-order valence-electron chi connectivity index (χ1n) is 17.0. The Labute approximate surface area is 249 Å². The van der Waals surface area contributed by atoms with Crippen LogP contribution in [0.1, 0.15) is 122 Å². The number of hydrogen-bond acceptors (Lipinski definition) is 5. The summed E-state index contributed by atoms with van der Waals surface area (Å²) in [6.45, 7) is 13.4. The summed E-state index contributed by atoms with van der Waals surface area (Å²) in [5, 5.41) is 0. The second-order valence-electron chi connectivity index (χ2n) is 15.5. The van der Waals surface area contributed by atoms with Crippen LogP contribution in [0.2, 0.25) is 0 Å². The molecule has 5 rings (SSSR count). The van der Waals surface area contributed by atoms with Gasteiger partial charge in [0.05, 0.1) is 18.3 Å². The Kier molecular flexibility index (Phi) is 9.33. The fourth-order valence-corrected chi connectivity index (χ4v) is 10.6. The molecule has 0 amide bonds. The number of esters is 1. The molecule has 1 aromatic rings. The van der Waals surface area contributed by atoms with E-state index in [9.17, 15) is 4.79 Å². The van der Waals surface area contributed by atoms with Crippen LogP contribution in [0.15, 0.2) is 18.2 Å². The van der Waals surface area contributed by atoms with Gasteiger partial charge >= 0.3 is 5.97 Å². The van der Waals surface area contributed by atoms with E-state index in [4.69, 9.17) is 20.9 Å². The maximum atomic E-state index is 12.4. The molecule has 4 aliphatic carbocycles. The van der Waals surface area contributed by atoms with E-state index in [2.05, 4.69) is 34.6 Å². The Bertz CT molecular complexity index is 1040. The smallest absolute Gasteiger partial charge is 0.338 e. The molecule has 0 bridgehead atoms. The molecule has 41 heavy (non-hydrogen) atoms. The van der Waals surface area contributed by atoms with E-state index in [1.54, 1.807) is 18.2 Å². The van der Waals surface area contributed by atoms with Crippen molar-refractivity contribution in [2.75, 3.05) is 24.7 Å². The van der Waals surface area contributed by atoms with Gasteiger partial charge in [0.25, 0.3) is 0 Å². The molecule has 9 atom stereocenters. The van der Waals surface area contributed by atoms with Gasteiger partial charge in [0, 0.05) is 11.4 Å². The molecular formula is C36H58N2O3. The molecule has 0 aliphatic heterocycles. The third-order valence-corrected chi connectivity index (χ3v) is 12.7. The van der Waals surface area contributed by atoms with Crippen molar-refractivity contribution in [2.45, 2.75) is 118 Å². The fraction of sp³-hybridized carbons (Fsp3) is 0.806. The highest BCUT2D eigenvalue weighted by Gasteiger charge is 2.60. The lowest BCUT2D eigenvalue weighted by atomic mass is 9.44. The van der Waals surface area contributed by atoms with Gasteiger partial charge in [0.2, 0.25) is 0 Å². The average molecular weight is 567 g/mol. The standard InChI is InChI=1S/C36H58N2O3/c1-23(2)7-6-8-24(3)31-11-12-32-30-10-9-26-21-29(13-15-35(26,4)33(30)14-16-36(31,32)5)40-17-18-41-34(39)25-19-27(37)22-28(38)20-25/h19-20,22-24,26,29-33H,6-18,21,37-38H2,1-5H3. The van der Waals surface area contributed by atoms with Crippen LogP contribution in [0.4, 0.5) is 11.4 Å². The molecular weight excluding hydrogens is 508 g/mol. The van der Waals surface area contributed by atoms with Gasteiger partial charge in [-0.05, 0) is 128 Å². The lowest BCUT2D eigenvalue weighted by molar-refractivity contribution is -0.138. The molecule has 5 nitrogen and oxygen atoms in total. The van der Waals surface area contributed by atoms with E-state index >= 15 is 0 Å². The molecule has 230 valence electrons. The summed E-state index contributed by atoms with van der Waals surface area (Å²) >= 11 is 0. The zero-order valence-corrected chi connectivity index (χ0v) is 26.6. The van der Waals surface area contributed by atoms with E-state index < -0.39 is 5.97 Å². The minimum absolute atomic E-state index is 0.258. The second kappa shape index (κ2) is 12.5. The fourth-order valence-electron chi connectivity index (χ4n) is 10.6. The van der Waals surface area contributed by atoms with Gasteiger partial charge in [0.15, 0.2) is 0 Å². The monoisotopic (exact) mass is 566 g/mol. The molecule has 0 spiro atoms. The average Bonchev–Trinajstić information content (AvgIpc) is 3.27. The Morgan fingerprint density at radius 2 is 1.59 bits per heavy atom. The van der Waals surface area contributed by atoms with Crippen molar-refractivity contribution in [3.05, 3.63) is 23.8 Å². The van der Waals surface area contributed by atoms with E-state index in [-0.39, 0.29) is 12.7 Å². The quantitative estimate of drug-likeness (QED) is 0.168. The Hall–Kier alpha value is -1.75. The third kappa shape index (κ3) is 6.31. The number of carbonyl (C=O) groups is 1. The number of benzene rings is 1. The van der Waals surface area contributed by atoms with Crippen LogP contribution >= 0.6 is 0 Å². The zero-order valence-electron chi connectivity index (χ0n) is 26.6. The summed E-state index contributed by atoms with van der Waals surface area (Å²) in [5.74, 6) is 5.77. The molecule has 4 fully saturated rings. The lowest BCUT2D eigenvalue weighted by Gasteiger charge is -2.61. The van der Waals surface area contributed by atoms with Gasteiger partial charge in [-0.15, -0.1) is 0 Å². The number of ether oxygens (including phenoxy) is 2. The van der Waals surface area contributed by atoms with Crippen molar-refractivity contribution in [1.82, 2.24) is 0 Å². The van der Waals surface area contributed by atoms with Gasteiger partial charge in [0.1, 0.15) is 6.61 Å². The first-order chi connectivity index (χ1) is 19.5. The zero-order chi connectivity index (χ0) is 29.4.